The van der Waals surface area contributed by atoms with Crippen molar-refractivity contribution in [3.63, 3.8) is 0 Å². The third kappa shape index (κ3) is 7.36. The largest absolute Gasteiger partial charge is 0.469 e. The molecule has 3 aromatic rings. The maximum atomic E-state index is 12.5. The van der Waals surface area contributed by atoms with Crippen LogP contribution in [0.4, 0.5) is 4.79 Å². The van der Waals surface area contributed by atoms with E-state index in [4.69, 9.17) is 14.2 Å². The fourth-order valence-corrected chi connectivity index (χ4v) is 3.74. The van der Waals surface area contributed by atoms with Crippen molar-refractivity contribution in [2.75, 3.05) is 20.8 Å². The van der Waals surface area contributed by atoms with Crippen LogP contribution in [0.15, 0.2) is 77.3 Å². The Morgan fingerprint density at radius 2 is 1.64 bits per heavy atom. The highest BCUT2D eigenvalue weighted by Gasteiger charge is 2.18. The normalized spacial score (nSPS) is 10.4. The molecule has 0 saturated carbocycles. The van der Waals surface area contributed by atoms with Gasteiger partial charge in [0.2, 0.25) is 0 Å². The van der Waals surface area contributed by atoms with Crippen LogP contribution in [0.3, 0.4) is 0 Å². The first-order valence-corrected chi connectivity index (χ1v) is 11.3. The monoisotopic (exact) mass is 511 g/mol. The molecule has 6 nitrogen and oxygen atoms in total. The predicted molar refractivity (Wildman–Crippen MR) is 129 cm³/mol. The van der Waals surface area contributed by atoms with Gasteiger partial charge < -0.3 is 19.1 Å². The van der Waals surface area contributed by atoms with Gasteiger partial charge >= 0.3 is 12.1 Å². The van der Waals surface area contributed by atoms with Gasteiger partial charge in [-0.1, -0.05) is 58.4 Å². The molecule has 0 unspecified atom stereocenters. The minimum absolute atomic E-state index is 0.163. The minimum atomic E-state index is -0.406. The molecule has 0 bridgehead atoms. The van der Waals surface area contributed by atoms with Gasteiger partial charge in [0.25, 0.3) is 0 Å². The maximum absolute atomic E-state index is 12.5. The zero-order valence-electron chi connectivity index (χ0n) is 18.6. The molecular weight excluding hydrogens is 486 g/mol. The molecule has 172 valence electrons. The van der Waals surface area contributed by atoms with Crippen molar-refractivity contribution in [1.29, 1.82) is 0 Å². The number of methoxy groups -OCH3 is 2. The fourth-order valence-electron chi connectivity index (χ4n) is 3.33. The van der Waals surface area contributed by atoms with Crippen molar-refractivity contribution in [3.8, 4) is 11.5 Å². The molecule has 0 aromatic heterocycles. The third-order valence-electron chi connectivity index (χ3n) is 5.03. The van der Waals surface area contributed by atoms with E-state index in [0.29, 0.717) is 31.0 Å². The Labute approximate surface area is 202 Å². The summed E-state index contributed by atoms with van der Waals surface area (Å²) >= 11 is 3.51. The van der Waals surface area contributed by atoms with Gasteiger partial charge in [0.1, 0.15) is 11.5 Å². The van der Waals surface area contributed by atoms with E-state index < -0.39 is 6.09 Å². The topological polar surface area (TPSA) is 65.1 Å². The average Bonchev–Trinajstić information content (AvgIpc) is 2.83. The quantitative estimate of drug-likeness (QED) is 0.341. The molecule has 1 amide bonds. The average molecular weight is 512 g/mol. The second-order valence-electron chi connectivity index (χ2n) is 7.38. The highest BCUT2D eigenvalue weighted by molar-refractivity contribution is 9.10. The Morgan fingerprint density at radius 1 is 0.879 bits per heavy atom. The van der Waals surface area contributed by atoms with Gasteiger partial charge in [-0.05, 0) is 47.9 Å². The number of ether oxygens (including phenoxy) is 3. The minimum Gasteiger partial charge on any atom is -0.469 e. The summed E-state index contributed by atoms with van der Waals surface area (Å²) < 4.78 is 16.8. The zero-order chi connectivity index (χ0) is 23.6. The summed E-state index contributed by atoms with van der Waals surface area (Å²) in [6.07, 6.45) is 0.462. The molecular formula is C26H26BrNO5. The van der Waals surface area contributed by atoms with E-state index in [1.165, 1.54) is 14.2 Å². The van der Waals surface area contributed by atoms with E-state index in [9.17, 15) is 9.59 Å². The lowest BCUT2D eigenvalue weighted by atomic mass is 10.1. The van der Waals surface area contributed by atoms with Crippen molar-refractivity contribution in [2.45, 2.75) is 19.4 Å². The lowest BCUT2D eigenvalue weighted by Gasteiger charge is -2.23. The molecule has 0 saturated heterocycles. The van der Waals surface area contributed by atoms with Crippen molar-refractivity contribution < 1.29 is 23.8 Å². The van der Waals surface area contributed by atoms with Gasteiger partial charge in [-0.2, -0.15) is 0 Å². The van der Waals surface area contributed by atoms with Crippen molar-refractivity contribution in [1.82, 2.24) is 4.90 Å². The van der Waals surface area contributed by atoms with Crippen LogP contribution >= 0.6 is 15.9 Å². The van der Waals surface area contributed by atoms with Gasteiger partial charge in [-0.25, -0.2) is 4.79 Å². The van der Waals surface area contributed by atoms with Gasteiger partial charge in [0, 0.05) is 16.6 Å². The first kappa shape index (κ1) is 24.3. The Hall–Kier alpha value is -3.32. The summed E-state index contributed by atoms with van der Waals surface area (Å²) in [5.74, 6) is 0.888. The molecule has 0 heterocycles. The summed E-state index contributed by atoms with van der Waals surface area (Å²) in [4.78, 5) is 25.7. The number of carbonyl (C=O) groups is 2. The highest BCUT2D eigenvalue weighted by atomic mass is 79.9. The van der Waals surface area contributed by atoms with Crippen molar-refractivity contribution >= 4 is 28.0 Å². The number of amides is 1. The Morgan fingerprint density at radius 3 is 2.36 bits per heavy atom. The van der Waals surface area contributed by atoms with E-state index in [0.717, 1.165) is 21.2 Å². The molecule has 0 radical (unpaired) electrons. The van der Waals surface area contributed by atoms with Crippen LogP contribution in [0.1, 0.15) is 16.7 Å². The number of benzene rings is 3. The van der Waals surface area contributed by atoms with E-state index in [1.54, 1.807) is 11.0 Å². The first-order valence-electron chi connectivity index (χ1n) is 10.5. The van der Waals surface area contributed by atoms with Gasteiger partial charge in [-0.15, -0.1) is 0 Å². The van der Waals surface area contributed by atoms with Crippen LogP contribution in [0.2, 0.25) is 0 Å². The molecule has 0 aliphatic heterocycles. The standard InChI is InChI=1S/C26H26BrNO5/c1-31-25(29)16-20-9-6-10-23(15-20)33-24-12-11-22(27)17-21(24)18-28(26(30)32-2)14-13-19-7-4-3-5-8-19/h3-12,15,17H,13-14,16,18H2,1-2H3. The molecule has 0 atom stereocenters. The predicted octanol–water partition coefficient (Wildman–Crippen LogP) is 5.77. The summed E-state index contributed by atoms with van der Waals surface area (Å²) in [5, 5.41) is 0. The smallest absolute Gasteiger partial charge is 0.409 e. The van der Waals surface area contributed by atoms with Crippen LogP contribution in [0.25, 0.3) is 0 Å². The summed E-state index contributed by atoms with van der Waals surface area (Å²) in [5.41, 5.74) is 2.75. The van der Waals surface area contributed by atoms with Crippen LogP contribution < -0.4 is 4.74 Å². The van der Waals surface area contributed by atoms with E-state index in [2.05, 4.69) is 15.9 Å². The maximum Gasteiger partial charge on any atom is 0.409 e. The zero-order valence-corrected chi connectivity index (χ0v) is 20.2. The molecule has 0 aliphatic carbocycles. The Balaban J connectivity index is 1.79. The molecule has 3 rings (SSSR count). The van der Waals surface area contributed by atoms with E-state index >= 15 is 0 Å². The van der Waals surface area contributed by atoms with Crippen LogP contribution in [-0.2, 0) is 33.7 Å². The number of halogens is 1. The number of nitrogens with zero attached hydrogens (tertiary/aromatic N) is 1. The van der Waals surface area contributed by atoms with Crippen LogP contribution in [-0.4, -0.2) is 37.7 Å². The fraction of sp³-hybridized carbons (Fsp3) is 0.231. The highest BCUT2D eigenvalue weighted by Crippen LogP contribution is 2.30. The first-order chi connectivity index (χ1) is 16.0. The molecule has 0 N–H and O–H groups in total. The molecule has 33 heavy (non-hydrogen) atoms. The Bertz CT molecular complexity index is 1090. The third-order valence-corrected chi connectivity index (χ3v) is 5.53. The van der Waals surface area contributed by atoms with Crippen molar-refractivity contribution in [3.05, 3.63) is 94.0 Å². The van der Waals surface area contributed by atoms with Gasteiger partial charge in [-0.3, -0.25) is 4.79 Å². The molecule has 3 aromatic carbocycles. The summed E-state index contributed by atoms with van der Waals surface area (Å²) in [7, 11) is 2.74. The van der Waals surface area contributed by atoms with Crippen LogP contribution in [0, 0.1) is 0 Å². The lowest BCUT2D eigenvalue weighted by molar-refractivity contribution is -0.139. The molecule has 0 spiro atoms. The summed E-state index contributed by atoms with van der Waals surface area (Å²) in [6, 6.07) is 22.9. The molecule has 0 fully saturated rings. The number of carbonyl (C=O) groups excluding carboxylic acids is 2. The van der Waals surface area contributed by atoms with Gasteiger partial charge in [0.15, 0.2) is 0 Å². The SMILES string of the molecule is COC(=O)Cc1cccc(Oc2ccc(Br)cc2CN(CCc2ccccc2)C(=O)OC)c1. The second kappa shape index (κ2) is 12.1. The molecule has 7 heteroatoms. The number of rotatable bonds is 9. The van der Waals surface area contributed by atoms with Crippen LogP contribution in [0.5, 0.6) is 11.5 Å². The lowest BCUT2D eigenvalue weighted by Crippen LogP contribution is -2.32. The van der Waals surface area contributed by atoms with E-state index in [-0.39, 0.29) is 12.4 Å². The number of hydrogen-bond donors (Lipinski definition) is 0. The number of esters is 1. The summed E-state index contributed by atoms with van der Waals surface area (Å²) in [6.45, 7) is 0.813. The molecule has 0 aliphatic rings. The second-order valence-corrected chi connectivity index (χ2v) is 8.30. The van der Waals surface area contributed by atoms with Crippen molar-refractivity contribution in [2.24, 2.45) is 0 Å². The van der Waals surface area contributed by atoms with Gasteiger partial charge in [0.05, 0.1) is 27.2 Å². The Kier molecular flexibility index (Phi) is 8.89. The van der Waals surface area contributed by atoms with E-state index in [1.807, 2.05) is 66.7 Å². The number of hydrogen-bond acceptors (Lipinski definition) is 5.